The second-order valence-electron chi connectivity index (χ2n) is 5.91. The molecule has 7 heteroatoms. The van der Waals surface area contributed by atoms with E-state index in [1.165, 1.54) is 4.90 Å². The summed E-state index contributed by atoms with van der Waals surface area (Å²) in [6, 6.07) is 7.16. The van der Waals surface area contributed by atoms with Crippen molar-refractivity contribution in [2.24, 2.45) is 0 Å². The molecule has 0 radical (unpaired) electrons. The van der Waals surface area contributed by atoms with Crippen LogP contribution in [0.25, 0.3) is 0 Å². The number of hydrogen-bond acceptors (Lipinski definition) is 4. The zero-order valence-corrected chi connectivity index (χ0v) is 13.4. The molecule has 1 aliphatic rings. The summed E-state index contributed by atoms with van der Waals surface area (Å²) < 4.78 is 0. The Bertz CT molecular complexity index is 888. The number of aryl methyl sites for hydroxylation is 1. The lowest BCUT2D eigenvalue weighted by atomic mass is 9.89. The van der Waals surface area contributed by atoms with Gasteiger partial charge in [-0.25, -0.2) is 5.10 Å². The fraction of sp³-hybridized carbons (Fsp3) is 0.294. The molecule has 1 unspecified atom stereocenters. The van der Waals surface area contributed by atoms with Crippen LogP contribution in [-0.4, -0.2) is 38.6 Å². The number of aromatic nitrogens is 2. The van der Waals surface area contributed by atoms with Gasteiger partial charge in [-0.3, -0.25) is 14.4 Å². The van der Waals surface area contributed by atoms with Gasteiger partial charge in [0.2, 0.25) is 0 Å². The third-order valence-electron chi connectivity index (χ3n) is 4.46. The van der Waals surface area contributed by atoms with Crippen LogP contribution in [0.4, 0.5) is 0 Å². The lowest BCUT2D eigenvalue weighted by molar-refractivity contribution is -0.139. The van der Waals surface area contributed by atoms with E-state index < -0.39 is 23.4 Å². The van der Waals surface area contributed by atoms with Crippen molar-refractivity contribution in [3.8, 4) is 0 Å². The van der Waals surface area contributed by atoms with Crippen LogP contribution >= 0.6 is 0 Å². The van der Waals surface area contributed by atoms with Gasteiger partial charge in [0.15, 0.2) is 0 Å². The average Bonchev–Trinajstić information content (AvgIpc) is 2.57. The maximum Gasteiger partial charge on any atom is 0.312 e. The van der Waals surface area contributed by atoms with Crippen LogP contribution < -0.4 is 5.56 Å². The number of hydrogen-bond donors (Lipinski definition) is 2. The molecule has 0 fully saturated rings. The summed E-state index contributed by atoms with van der Waals surface area (Å²) in [4.78, 5) is 37.9. The number of carboxylic acids is 1. The maximum absolute atomic E-state index is 12.9. The molecule has 1 aromatic heterocycles. The summed E-state index contributed by atoms with van der Waals surface area (Å²) in [5.41, 5.74) is 2.02. The van der Waals surface area contributed by atoms with Crippen LogP contribution in [-0.2, 0) is 11.3 Å². The van der Waals surface area contributed by atoms with Gasteiger partial charge in [-0.1, -0.05) is 24.3 Å². The summed E-state index contributed by atoms with van der Waals surface area (Å²) in [7, 11) is 0. The molecule has 0 saturated carbocycles. The molecular weight excluding hydrogens is 310 g/mol. The van der Waals surface area contributed by atoms with Crippen molar-refractivity contribution < 1.29 is 14.7 Å². The maximum atomic E-state index is 12.9. The van der Waals surface area contributed by atoms with E-state index in [9.17, 15) is 19.5 Å². The topological polar surface area (TPSA) is 103 Å². The minimum Gasteiger partial charge on any atom is -0.481 e. The van der Waals surface area contributed by atoms with Crippen LogP contribution in [0, 0.1) is 13.8 Å². The van der Waals surface area contributed by atoms with Crippen LogP contribution in [0.5, 0.6) is 0 Å². The molecule has 2 N–H and O–H groups in total. The molecule has 7 nitrogen and oxygen atoms in total. The van der Waals surface area contributed by atoms with Gasteiger partial charge >= 0.3 is 5.97 Å². The molecule has 0 spiro atoms. The SMILES string of the molecule is Cc1n[nH]c(=O)c(C(=O)N2Cc3ccccc3C(C(=O)O)C2)c1C. The molecule has 0 saturated heterocycles. The Morgan fingerprint density at radius 1 is 1.29 bits per heavy atom. The number of carboxylic acid groups (broad SMARTS) is 1. The van der Waals surface area contributed by atoms with Gasteiger partial charge in [0.1, 0.15) is 5.56 Å². The predicted molar refractivity (Wildman–Crippen MR) is 85.9 cm³/mol. The number of H-pyrrole nitrogens is 1. The highest BCUT2D eigenvalue weighted by Gasteiger charge is 2.34. The van der Waals surface area contributed by atoms with Crippen molar-refractivity contribution in [2.75, 3.05) is 6.54 Å². The number of nitrogens with one attached hydrogen (secondary N) is 1. The number of rotatable bonds is 2. The third-order valence-corrected chi connectivity index (χ3v) is 4.46. The number of carbonyl (C=O) groups is 2. The Morgan fingerprint density at radius 3 is 2.71 bits per heavy atom. The first-order valence-corrected chi connectivity index (χ1v) is 7.56. The number of amides is 1. The van der Waals surface area contributed by atoms with Crippen molar-refractivity contribution in [3.05, 3.63) is 62.6 Å². The van der Waals surface area contributed by atoms with Gasteiger partial charge in [-0.05, 0) is 30.5 Å². The Morgan fingerprint density at radius 2 is 2.00 bits per heavy atom. The van der Waals surface area contributed by atoms with E-state index in [-0.39, 0.29) is 18.7 Å². The Labute approximate surface area is 137 Å². The minimum absolute atomic E-state index is 0.0195. The summed E-state index contributed by atoms with van der Waals surface area (Å²) >= 11 is 0. The molecular formula is C17H17N3O4. The molecule has 1 atom stereocenters. The predicted octanol–water partition coefficient (Wildman–Crippen LogP) is 1.21. The zero-order valence-electron chi connectivity index (χ0n) is 13.4. The summed E-state index contributed by atoms with van der Waals surface area (Å²) in [5.74, 6) is -2.27. The second kappa shape index (κ2) is 5.92. The molecule has 1 aliphatic heterocycles. The largest absolute Gasteiger partial charge is 0.481 e. The van der Waals surface area contributed by atoms with Gasteiger partial charge < -0.3 is 10.0 Å². The van der Waals surface area contributed by atoms with Crippen LogP contribution in [0.1, 0.15) is 38.7 Å². The molecule has 2 heterocycles. The first-order chi connectivity index (χ1) is 11.4. The van der Waals surface area contributed by atoms with Gasteiger partial charge in [-0.2, -0.15) is 5.10 Å². The summed E-state index contributed by atoms with van der Waals surface area (Å²) in [6.07, 6.45) is 0. The molecule has 1 amide bonds. The fourth-order valence-electron chi connectivity index (χ4n) is 3.01. The minimum atomic E-state index is -0.989. The van der Waals surface area contributed by atoms with E-state index in [1.54, 1.807) is 38.1 Å². The number of nitrogens with zero attached hydrogens (tertiary/aromatic N) is 2. The number of carbonyl (C=O) groups excluding carboxylic acids is 1. The van der Waals surface area contributed by atoms with E-state index in [0.717, 1.165) is 5.56 Å². The van der Waals surface area contributed by atoms with Gasteiger partial charge in [0.25, 0.3) is 11.5 Å². The number of aliphatic carboxylic acids is 1. The standard InChI is InChI=1S/C17H17N3O4/c1-9-10(2)18-19-15(21)14(9)16(22)20-7-11-5-3-4-6-12(11)13(8-20)17(23)24/h3-6,13H,7-8H2,1-2H3,(H,19,21)(H,23,24). The first-order valence-electron chi connectivity index (χ1n) is 7.56. The highest BCUT2D eigenvalue weighted by Crippen LogP contribution is 2.29. The molecule has 0 bridgehead atoms. The van der Waals surface area contributed by atoms with Gasteiger partial charge in [0, 0.05) is 13.1 Å². The van der Waals surface area contributed by atoms with Crippen molar-refractivity contribution in [1.82, 2.24) is 15.1 Å². The highest BCUT2D eigenvalue weighted by molar-refractivity contribution is 5.96. The lowest BCUT2D eigenvalue weighted by Gasteiger charge is -2.33. The molecule has 2 aromatic rings. The molecule has 24 heavy (non-hydrogen) atoms. The summed E-state index contributed by atoms with van der Waals surface area (Å²) in [6.45, 7) is 3.68. The molecule has 1 aromatic carbocycles. The van der Waals surface area contributed by atoms with Crippen molar-refractivity contribution in [1.29, 1.82) is 0 Å². The normalized spacial score (nSPS) is 16.6. The molecule has 124 valence electrons. The molecule has 0 aliphatic carbocycles. The molecule has 3 rings (SSSR count). The highest BCUT2D eigenvalue weighted by atomic mass is 16.4. The van der Waals surface area contributed by atoms with E-state index in [1.807, 2.05) is 0 Å². The Hall–Kier alpha value is -2.96. The van der Waals surface area contributed by atoms with E-state index >= 15 is 0 Å². The van der Waals surface area contributed by atoms with Gasteiger partial charge in [-0.15, -0.1) is 0 Å². The van der Waals surface area contributed by atoms with Crippen molar-refractivity contribution in [3.63, 3.8) is 0 Å². The van der Waals surface area contributed by atoms with E-state index in [2.05, 4.69) is 10.2 Å². The third kappa shape index (κ3) is 2.58. The van der Waals surface area contributed by atoms with Crippen LogP contribution in [0.15, 0.2) is 29.1 Å². The van der Waals surface area contributed by atoms with E-state index in [0.29, 0.717) is 16.8 Å². The number of aromatic amines is 1. The van der Waals surface area contributed by atoms with Gasteiger partial charge in [0.05, 0.1) is 11.6 Å². The fourth-order valence-corrected chi connectivity index (χ4v) is 3.01. The summed E-state index contributed by atoms with van der Waals surface area (Å²) in [5, 5.41) is 15.6. The van der Waals surface area contributed by atoms with Crippen LogP contribution in [0.3, 0.4) is 0 Å². The number of benzene rings is 1. The zero-order chi connectivity index (χ0) is 17.4. The van der Waals surface area contributed by atoms with Crippen molar-refractivity contribution in [2.45, 2.75) is 26.3 Å². The Balaban J connectivity index is 2.03. The Kier molecular flexibility index (Phi) is 3.92. The quantitative estimate of drug-likeness (QED) is 0.863. The smallest absolute Gasteiger partial charge is 0.312 e. The average molecular weight is 327 g/mol. The monoisotopic (exact) mass is 327 g/mol. The first kappa shape index (κ1) is 15.9. The van der Waals surface area contributed by atoms with E-state index in [4.69, 9.17) is 0 Å². The van der Waals surface area contributed by atoms with Crippen LogP contribution in [0.2, 0.25) is 0 Å². The lowest BCUT2D eigenvalue weighted by Crippen LogP contribution is -2.42. The second-order valence-corrected chi connectivity index (χ2v) is 5.91. The van der Waals surface area contributed by atoms with Crippen molar-refractivity contribution >= 4 is 11.9 Å². The number of fused-ring (bicyclic) bond motifs is 1.